The molecule has 0 radical (unpaired) electrons. The third-order valence-electron chi connectivity index (χ3n) is 6.86. The van der Waals surface area contributed by atoms with Gasteiger partial charge in [-0.05, 0) is 38.1 Å². The molecule has 2 fully saturated rings. The second-order valence-electron chi connectivity index (χ2n) is 9.70. The summed E-state index contributed by atoms with van der Waals surface area (Å²) in [5.74, 6) is 1.12. The van der Waals surface area contributed by atoms with Crippen LogP contribution < -0.4 is 15.2 Å². The Morgan fingerprint density at radius 1 is 0.943 bits per heavy atom. The first-order chi connectivity index (χ1) is 17.0. The number of nitrogens with zero attached hydrogens (tertiary/aromatic N) is 8. The van der Waals surface area contributed by atoms with E-state index in [4.69, 9.17) is 4.98 Å². The predicted molar refractivity (Wildman–Crippen MR) is 139 cm³/mol. The maximum Gasteiger partial charge on any atom is 0.272 e. The Morgan fingerprint density at radius 3 is 2.34 bits per heavy atom. The van der Waals surface area contributed by atoms with Crippen LogP contribution in [0.5, 0.6) is 0 Å². The molecule has 0 unspecified atom stereocenters. The normalized spacial score (nSPS) is 17.5. The lowest BCUT2D eigenvalue weighted by atomic mass is 10.2. The molecule has 1 N–H and O–H groups in total. The van der Waals surface area contributed by atoms with E-state index in [9.17, 15) is 4.79 Å². The van der Waals surface area contributed by atoms with Crippen molar-refractivity contribution in [3.63, 3.8) is 0 Å². The van der Waals surface area contributed by atoms with Gasteiger partial charge in [0, 0.05) is 64.9 Å². The second-order valence-corrected chi connectivity index (χ2v) is 9.70. The Kier molecular flexibility index (Phi) is 6.72. The largest absolute Gasteiger partial charge is 0.368 e. The highest BCUT2D eigenvalue weighted by molar-refractivity contribution is 5.98. The molecule has 2 saturated heterocycles. The number of rotatable bonds is 5. The quantitative estimate of drug-likeness (QED) is 0.600. The van der Waals surface area contributed by atoms with Crippen LogP contribution in [0.2, 0.25) is 0 Å². The molecule has 35 heavy (non-hydrogen) atoms. The summed E-state index contributed by atoms with van der Waals surface area (Å²) in [5, 5.41) is 6.36. The predicted octanol–water partition coefficient (Wildman–Crippen LogP) is 2.54. The highest BCUT2D eigenvalue weighted by atomic mass is 16.2. The van der Waals surface area contributed by atoms with Crippen LogP contribution in [0.25, 0.3) is 11.0 Å². The molecular weight excluding hydrogens is 442 g/mol. The molecule has 0 atom stereocenters. The maximum atomic E-state index is 13.0. The summed E-state index contributed by atoms with van der Waals surface area (Å²) in [6, 6.07) is 5.96. The molecule has 5 heterocycles. The van der Waals surface area contributed by atoms with Crippen molar-refractivity contribution in [2.24, 2.45) is 0 Å². The molecule has 0 aliphatic carbocycles. The number of likely N-dealkylation sites (N-methyl/N-ethyl adjacent to an activating group) is 1. The van der Waals surface area contributed by atoms with Crippen molar-refractivity contribution < 1.29 is 4.79 Å². The van der Waals surface area contributed by atoms with Crippen LogP contribution in [0, 0.1) is 0 Å². The maximum absolute atomic E-state index is 13.0. The fourth-order valence-corrected chi connectivity index (χ4v) is 4.78. The molecule has 5 rings (SSSR count). The molecule has 1 amide bonds. The van der Waals surface area contributed by atoms with E-state index in [0.717, 1.165) is 68.8 Å². The lowest BCUT2D eigenvalue weighted by molar-refractivity contribution is 0.0817. The first kappa shape index (κ1) is 23.3. The summed E-state index contributed by atoms with van der Waals surface area (Å²) < 4.78 is 2.00. The van der Waals surface area contributed by atoms with Gasteiger partial charge in [0.2, 0.25) is 5.95 Å². The molecule has 0 aromatic carbocycles. The monoisotopic (exact) mass is 477 g/mol. The van der Waals surface area contributed by atoms with E-state index < -0.39 is 0 Å². The highest BCUT2D eigenvalue weighted by Gasteiger charge is 2.23. The zero-order valence-electron chi connectivity index (χ0n) is 20.9. The molecule has 186 valence electrons. The van der Waals surface area contributed by atoms with Crippen LogP contribution in [0.1, 0.15) is 36.2 Å². The number of piperazine rings is 1. The topological polar surface area (TPSA) is 85.7 Å². The Morgan fingerprint density at radius 2 is 1.69 bits per heavy atom. The molecule has 3 aromatic heterocycles. The molecule has 10 heteroatoms. The third-order valence-corrected chi connectivity index (χ3v) is 6.86. The smallest absolute Gasteiger partial charge is 0.272 e. The molecular formula is C25H35N9O. The third kappa shape index (κ3) is 5.02. The second kappa shape index (κ2) is 10.1. The SMILES string of the molecule is CN1CCN(c2ccc(Nc3ncc4cc(C(=O)N(C)C)n(N5CCCCCC5)c4n3)nc2)CC1. The Hall–Kier alpha value is -3.40. The average molecular weight is 478 g/mol. The van der Waals surface area contributed by atoms with Gasteiger partial charge in [-0.15, -0.1) is 0 Å². The van der Waals surface area contributed by atoms with Crippen LogP contribution in [0.4, 0.5) is 17.5 Å². The fourth-order valence-electron chi connectivity index (χ4n) is 4.78. The fraction of sp³-hybridized carbons (Fsp3) is 0.520. The molecule has 2 aliphatic rings. The van der Waals surface area contributed by atoms with Gasteiger partial charge < -0.3 is 25.0 Å². The zero-order valence-corrected chi connectivity index (χ0v) is 20.9. The molecule has 0 saturated carbocycles. The van der Waals surface area contributed by atoms with Crippen molar-refractivity contribution in [3.8, 4) is 0 Å². The van der Waals surface area contributed by atoms with Crippen molar-refractivity contribution in [3.05, 3.63) is 36.3 Å². The van der Waals surface area contributed by atoms with Gasteiger partial charge in [0.05, 0.1) is 11.9 Å². The molecule has 3 aromatic rings. The minimum atomic E-state index is -0.0390. The van der Waals surface area contributed by atoms with Crippen LogP contribution in [-0.4, -0.2) is 95.7 Å². The van der Waals surface area contributed by atoms with Gasteiger partial charge in [0.15, 0.2) is 5.65 Å². The first-order valence-corrected chi connectivity index (χ1v) is 12.5. The number of amides is 1. The lowest BCUT2D eigenvalue weighted by Gasteiger charge is -2.33. The van der Waals surface area contributed by atoms with E-state index in [0.29, 0.717) is 17.5 Å². The summed E-state index contributed by atoms with van der Waals surface area (Å²) >= 11 is 0. The van der Waals surface area contributed by atoms with Crippen LogP contribution in [-0.2, 0) is 0 Å². The highest BCUT2D eigenvalue weighted by Crippen LogP contribution is 2.24. The van der Waals surface area contributed by atoms with E-state index in [1.807, 2.05) is 23.0 Å². The van der Waals surface area contributed by atoms with E-state index in [-0.39, 0.29) is 5.91 Å². The number of hydrogen-bond donors (Lipinski definition) is 1. The zero-order chi connectivity index (χ0) is 24.4. The Bertz CT molecular complexity index is 1160. The molecule has 0 spiro atoms. The first-order valence-electron chi connectivity index (χ1n) is 12.5. The lowest BCUT2D eigenvalue weighted by Crippen LogP contribution is -2.44. The minimum absolute atomic E-state index is 0.0390. The minimum Gasteiger partial charge on any atom is -0.368 e. The summed E-state index contributed by atoms with van der Waals surface area (Å²) in [7, 11) is 5.72. The van der Waals surface area contributed by atoms with E-state index in [1.54, 1.807) is 25.2 Å². The number of carbonyl (C=O) groups is 1. The number of nitrogens with one attached hydrogen (secondary N) is 1. The Balaban J connectivity index is 1.42. The molecule has 0 bridgehead atoms. The van der Waals surface area contributed by atoms with Gasteiger partial charge in [0.1, 0.15) is 11.5 Å². The van der Waals surface area contributed by atoms with Gasteiger partial charge in [-0.25, -0.2) is 14.6 Å². The van der Waals surface area contributed by atoms with Gasteiger partial charge in [-0.2, -0.15) is 4.98 Å². The number of aromatic nitrogens is 4. The summed E-state index contributed by atoms with van der Waals surface area (Å²) in [4.78, 5) is 33.3. The molecule has 2 aliphatic heterocycles. The standard InChI is InChI=1S/C25H35N9O/c1-30(2)24(35)21-16-19-17-27-25(29-23(19)34(21)33-10-6-4-5-7-11-33)28-22-9-8-20(18-26-22)32-14-12-31(3)13-15-32/h8-9,16-18H,4-7,10-15H2,1-3H3,(H,26,27,28,29). The van der Waals surface area contributed by atoms with Crippen molar-refractivity contribution in [2.75, 3.05) is 75.6 Å². The molecule has 10 nitrogen and oxygen atoms in total. The van der Waals surface area contributed by atoms with E-state index in [2.05, 4.69) is 43.2 Å². The van der Waals surface area contributed by atoms with Gasteiger partial charge in [-0.3, -0.25) is 4.79 Å². The van der Waals surface area contributed by atoms with Gasteiger partial charge in [0.25, 0.3) is 5.91 Å². The van der Waals surface area contributed by atoms with Crippen LogP contribution in [0.3, 0.4) is 0 Å². The Labute approximate surface area is 206 Å². The van der Waals surface area contributed by atoms with Crippen molar-refractivity contribution in [2.45, 2.75) is 25.7 Å². The summed E-state index contributed by atoms with van der Waals surface area (Å²) in [6.07, 6.45) is 8.32. The number of hydrogen-bond acceptors (Lipinski definition) is 8. The number of fused-ring (bicyclic) bond motifs is 1. The van der Waals surface area contributed by atoms with Gasteiger partial charge >= 0.3 is 0 Å². The van der Waals surface area contributed by atoms with Gasteiger partial charge in [-0.1, -0.05) is 12.8 Å². The van der Waals surface area contributed by atoms with E-state index >= 15 is 0 Å². The van der Waals surface area contributed by atoms with Crippen molar-refractivity contribution in [1.82, 2.24) is 29.4 Å². The number of anilines is 3. The number of carbonyl (C=O) groups excluding carboxylic acids is 1. The van der Waals surface area contributed by atoms with Crippen LogP contribution >= 0.6 is 0 Å². The summed E-state index contributed by atoms with van der Waals surface area (Å²) in [5.41, 5.74) is 2.48. The number of pyridine rings is 1. The summed E-state index contributed by atoms with van der Waals surface area (Å²) in [6.45, 7) is 5.93. The van der Waals surface area contributed by atoms with Crippen molar-refractivity contribution >= 4 is 34.4 Å². The van der Waals surface area contributed by atoms with Crippen molar-refractivity contribution in [1.29, 1.82) is 0 Å². The average Bonchev–Trinajstić information content (AvgIpc) is 3.03. The van der Waals surface area contributed by atoms with E-state index in [1.165, 1.54) is 12.8 Å². The van der Waals surface area contributed by atoms with Crippen LogP contribution in [0.15, 0.2) is 30.6 Å².